The van der Waals surface area contributed by atoms with Gasteiger partial charge in [-0.15, -0.1) is 0 Å². The van der Waals surface area contributed by atoms with Crippen LogP contribution in [0.5, 0.6) is 5.75 Å². The number of phenols is 1. The van der Waals surface area contributed by atoms with E-state index in [1.54, 1.807) is 36.4 Å². The van der Waals surface area contributed by atoms with E-state index in [2.05, 4.69) is 5.32 Å². The van der Waals surface area contributed by atoms with Gasteiger partial charge in [0, 0.05) is 22.3 Å². The number of aromatic nitrogens is 1. The highest BCUT2D eigenvalue weighted by atomic mass is 16.4. The minimum absolute atomic E-state index is 0.164. The molecule has 0 bridgehead atoms. The molecule has 0 fully saturated rings. The lowest BCUT2D eigenvalue weighted by atomic mass is 9.99. The van der Waals surface area contributed by atoms with Crippen molar-refractivity contribution in [2.24, 2.45) is 0 Å². The molecule has 0 aliphatic heterocycles. The van der Waals surface area contributed by atoms with E-state index >= 15 is 0 Å². The lowest BCUT2D eigenvalue weighted by Gasteiger charge is -2.08. The summed E-state index contributed by atoms with van der Waals surface area (Å²) in [5.74, 6) is 0.482. The Labute approximate surface area is 191 Å². The van der Waals surface area contributed by atoms with Crippen molar-refractivity contribution in [2.45, 2.75) is 0 Å². The molecule has 0 aliphatic carbocycles. The minimum atomic E-state index is -0.288. The van der Waals surface area contributed by atoms with Gasteiger partial charge in [0.05, 0.1) is 0 Å². The maximum absolute atomic E-state index is 12.8. The zero-order valence-corrected chi connectivity index (χ0v) is 17.6. The van der Waals surface area contributed by atoms with Gasteiger partial charge in [-0.25, -0.2) is 4.98 Å². The Hall–Kier alpha value is -4.64. The number of hydrogen-bond donors (Lipinski definition) is 2. The Kier molecular flexibility index (Phi) is 5.43. The van der Waals surface area contributed by atoms with Gasteiger partial charge in [-0.3, -0.25) is 10.1 Å². The number of aromatic hydroxyl groups is 1. The van der Waals surface area contributed by atoms with Crippen LogP contribution in [0.4, 0.5) is 5.88 Å². The molecular formula is C28H20N2O3. The van der Waals surface area contributed by atoms with E-state index in [1.807, 2.05) is 72.8 Å². The van der Waals surface area contributed by atoms with Crippen molar-refractivity contribution in [1.29, 1.82) is 0 Å². The van der Waals surface area contributed by atoms with E-state index in [1.165, 1.54) is 0 Å². The van der Waals surface area contributed by atoms with Crippen molar-refractivity contribution in [3.8, 4) is 39.6 Å². The Balaban J connectivity index is 1.62. The fourth-order valence-corrected chi connectivity index (χ4v) is 3.68. The molecule has 5 aromatic rings. The van der Waals surface area contributed by atoms with Crippen LogP contribution in [0.3, 0.4) is 0 Å². The summed E-state index contributed by atoms with van der Waals surface area (Å²) in [6, 6.07) is 33.2. The number of para-hydroxylation sites is 1. The topological polar surface area (TPSA) is 75.4 Å². The average molecular weight is 432 g/mol. The zero-order valence-electron chi connectivity index (χ0n) is 17.6. The number of hydrogen-bond acceptors (Lipinski definition) is 4. The van der Waals surface area contributed by atoms with Crippen molar-refractivity contribution >= 4 is 11.8 Å². The molecule has 5 nitrogen and oxygen atoms in total. The third-order valence-corrected chi connectivity index (χ3v) is 5.29. The molecule has 0 saturated carbocycles. The number of phenolic OH excluding ortho intramolecular Hbond substituents is 1. The summed E-state index contributed by atoms with van der Waals surface area (Å²) in [7, 11) is 0. The molecule has 0 radical (unpaired) electrons. The lowest BCUT2D eigenvalue weighted by Crippen LogP contribution is -2.11. The molecule has 0 spiro atoms. The summed E-state index contributed by atoms with van der Waals surface area (Å²) >= 11 is 0. The molecule has 0 aliphatic rings. The van der Waals surface area contributed by atoms with Crippen LogP contribution in [-0.2, 0) is 0 Å². The Bertz CT molecular complexity index is 1410. The van der Waals surface area contributed by atoms with Crippen molar-refractivity contribution in [3.63, 3.8) is 0 Å². The molecular weight excluding hydrogens is 412 g/mol. The molecule has 33 heavy (non-hydrogen) atoms. The van der Waals surface area contributed by atoms with Crippen LogP contribution in [-0.4, -0.2) is 16.0 Å². The van der Waals surface area contributed by atoms with E-state index in [4.69, 9.17) is 9.40 Å². The van der Waals surface area contributed by atoms with Gasteiger partial charge in [-0.2, -0.15) is 0 Å². The number of carbonyl (C=O) groups excluding carboxylic acids is 1. The maximum Gasteiger partial charge on any atom is 0.258 e. The van der Waals surface area contributed by atoms with Crippen molar-refractivity contribution < 1.29 is 14.3 Å². The number of rotatable bonds is 5. The summed E-state index contributed by atoms with van der Waals surface area (Å²) in [5, 5.41) is 13.3. The summed E-state index contributed by atoms with van der Waals surface area (Å²) in [4.78, 5) is 17.6. The molecule has 0 saturated heterocycles. The number of oxazole rings is 1. The second kappa shape index (κ2) is 8.85. The van der Waals surface area contributed by atoms with Crippen LogP contribution in [0.15, 0.2) is 114 Å². The van der Waals surface area contributed by atoms with E-state index in [0.717, 1.165) is 11.1 Å². The first-order chi connectivity index (χ1) is 16.2. The monoisotopic (exact) mass is 432 g/mol. The second-order valence-corrected chi connectivity index (χ2v) is 7.45. The molecule has 1 amide bonds. The number of amides is 1. The van der Waals surface area contributed by atoms with Crippen LogP contribution in [0, 0.1) is 0 Å². The predicted octanol–water partition coefficient (Wildman–Crippen LogP) is 6.63. The predicted molar refractivity (Wildman–Crippen MR) is 129 cm³/mol. The summed E-state index contributed by atoms with van der Waals surface area (Å²) in [6.45, 7) is 0. The number of anilines is 1. The third kappa shape index (κ3) is 4.12. The molecule has 1 heterocycles. The maximum atomic E-state index is 12.8. The molecule has 1 aromatic heterocycles. The lowest BCUT2D eigenvalue weighted by molar-refractivity contribution is 0.102. The van der Waals surface area contributed by atoms with Crippen molar-refractivity contribution in [2.75, 3.05) is 5.32 Å². The number of nitrogens with one attached hydrogen (secondary N) is 1. The Morgan fingerprint density at radius 2 is 1.27 bits per heavy atom. The van der Waals surface area contributed by atoms with Gasteiger partial charge in [0.15, 0.2) is 0 Å². The van der Waals surface area contributed by atoms with Crippen LogP contribution in [0.1, 0.15) is 10.4 Å². The minimum Gasteiger partial charge on any atom is -0.507 e. The smallest absolute Gasteiger partial charge is 0.258 e. The number of benzene rings is 4. The van der Waals surface area contributed by atoms with E-state index in [9.17, 15) is 9.90 Å². The first kappa shape index (κ1) is 20.3. The first-order valence-electron chi connectivity index (χ1n) is 10.5. The Morgan fingerprint density at radius 3 is 1.97 bits per heavy atom. The highest BCUT2D eigenvalue weighted by Crippen LogP contribution is 2.39. The number of carbonyl (C=O) groups is 1. The summed E-state index contributed by atoms with van der Waals surface area (Å²) in [5.41, 5.74) is 4.01. The van der Waals surface area contributed by atoms with Gasteiger partial charge in [-0.05, 0) is 29.8 Å². The molecule has 4 aromatic carbocycles. The first-order valence-corrected chi connectivity index (χ1v) is 10.5. The van der Waals surface area contributed by atoms with Gasteiger partial charge in [0.1, 0.15) is 11.4 Å². The second-order valence-electron chi connectivity index (χ2n) is 7.45. The molecule has 160 valence electrons. The summed E-state index contributed by atoms with van der Waals surface area (Å²) < 4.78 is 6.12. The molecule has 0 atom stereocenters. The highest BCUT2D eigenvalue weighted by Gasteiger charge is 2.21. The quantitative estimate of drug-likeness (QED) is 0.327. The SMILES string of the molecule is O=C(Nc1oc(-c2ccccc2-c2ccccc2O)nc1-c1ccccc1)c1ccccc1. The van der Waals surface area contributed by atoms with Gasteiger partial charge < -0.3 is 9.52 Å². The van der Waals surface area contributed by atoms with Crippen LogP contribution in [0.2, 0.25) is 0 Å². The number of nitrogens with zero attached hydrogens (tertiary/aromatic N) is 1. The summed E-state index contributed by atoms with van der Waals surface area (Å²) in [6.07, 6.45) is 0. The van der Waals surface area contributed by atoms with Gasteiger partial charge in [-0.1, -0.05) is 84.9 Å². The van der Waals surface area contributed by atoms with E-state index in [0.29, 0.717) is 28.3 Å². The zero-order chi connectivity index (χ0) is 22.6. The molecule has 5 rings (SSSR count). The van der Waals surface area contributed by atoms with Crippen molar-refractivity contribution in [1.82, 2.24) is 4.98 Å². The van der Waals surface area contributed by atoms with Crippen LogP contribution >= 0.6 is 0 Å². The standard InChI is InChI=1S/C28H20N2O3/c31-24-18-10-9-16-22(24)21-15-7-8-17-23(21)27-29-25(19-11-3-1-4-12-19)28(33-27)30-26(32)20-13-5-2-6-14-20/h1-18,31H,(H,30,32). The van der Waals surface area contributed by atoms with Crippen LogP contribution in [0.25, 0.3) is 33.8 Å². The molecule has 2 N–H and O–H groups in total. The van der Waals surface area contributed by atoms with Gasteiger partial charge in [0.25, 0.3) is 5.91 Å². The van der Waals surface area contributed by atoms with E-state index in [-0.39, 0.29) is 17.5 Å². The molecule has 5 heteroatoms. The van der Waals surface area contributed by atoms with Gasteiger partial charge in [0.2, 0.25) is 11.8 Å². The highest BCUT2D eigenvalue weighted by molar-refractivity contribution is 6.05. The third-order valence-electron chi connectivity index (χ3n) is 5.29. The molecule has 0 unspecified atom stereocenters. The van der Waals surface area contributed by atoms with Crippen LogP contribution < -0.4 is 5.32 Å². The van der Waals surface area contributed by atoms with E-state index < -0.39 is 0 Å². The van der Waals surface area contributed by atoms with Crippen molar-refractivity contribution in [3.05, 3.63) is 115 Å². The average Bonchev–Trinajstić information content (AvgIpc) is 3.29. The van der Waals surface area contributed by atoms with Gasteiger partial charge >= 0.3 is 0 Å². The Morgan fingerprint density at radius 1 is 0.697 bits per heavy atom. The fourth-order valence-electron chi connectivity index (χ4n) is 3.68. The normalized spacial score (nSPS) is 10.7. The largest absolute Gasteiger partial charge is 0.507 e. The fraction of sp³-hybridized carbons (Fsp3) is 0.